The summed E-state index contributed by atoms with van der Waals surface area (Å²) in [7, 11) is 0. The molecule has 0 aliphatic heterocycles. The van der Waals surface area contributed by atoms with Crippen LogP contribution in [-0.4, -0.2) is 10.9 Å². The van der Waals surface area contributed by atoms with Gasteiger partial charge in [-0.05, 0) is 24.5 Å². The third-order valence-corrected chi connectivity index (χ3v) is 3.38. The number of anilines is 1. The van der Waals surface area contributed by atoms with Crippen molar-refractivity contribution in [2.45, 2.75) is 33.6 Å². The summed E-state index contributed by atoms with van der Waals surface area (Å²) in [5, 5.41) is 2.96. The molecule has 1 atom stereocenters. The lowest BCUT2D eigenvalue weighted by Crippen LogP contribution is -2.24. The van der Waals surface area contributed by atoms with Crippen LogP contribution < -0.4 is 11.1 Å². The van der Waals surface area contributed by atoms with Gasteiger partial charge in [0.05, 0.1) is 4.99 Å². The van der Waals surface area contributed by atoms with E-state index in [0.717, 1.165) is 23.2 Å². The zero-order valence-corrected chi connectivity index (χ0v) is 11.9. The van der Waals surface area contributed by atoms with Crippen LogP contribution in [0, 0.1) is 12.8 Å². The van der Waals surface area contributed by atoms with Crippen LogP contribution in [-0.2, 0) is 11.2 Å². The lowest BCUT2D eigenvalue weighted by atomic mass is 10.0. The number of para-hydroxylation sites is 1. The quantitative estimate of drug-likeness (QED) is 0.804. The van der Waals surface area contributed by atoms with Gasteiger partial charge in [0.25, 0.3) is 0 Å². The number of aryl methyl sites for hydroxylation is 2. The van der Waals surface area contributed by atoms with E-state index in [9.17, 15) is 4.79 Å². The Bertz CT molecular complexity index is 457. The van der Waals surface area contributed by atoms with Gasteiger partial charge >= 0.3 is 0 Å². The number of carbonyl (C=O) groups is 1. The van der Waals surface area contributed by atoms with Crippen LogP contribution in [0.25, 0.3) is 0 Å². The van der Waals surface area contributed by atoms with E-state index in [1.54, 1.807) is 0 Å². The molecule has 0 spiro atoms. The fourth-order valence-electron chi connectivity index (χ4n) is 1.77. The first-order chi connectivity index (χ1) is 8.45. The SMILES string of the molecule is CCc1cccc(C)c1NC(=O)CC(C)C(N)=S. The molecule has 98 valence electrons. The fourth-order valence-corrected chi connectivity index (χ4v) is 1.85. The molecule has 4 heteroatoms. The fraction of sp³-hybridized carbons (Fsp3) is 0.429. The summed E-state index contributed by atoms with van der Waals surface area (Å²) in [6.45, 7) is 5.92. The summed E-state index contributed by atoms with van der Waals surface area (Å²) in [5.74, 6) is -0.117. The Morgan fingerprint density at radius 3 is 2.72 bits per heavy atom. The predicted octanol–water partition coefficient (Wildman–Crippen LogP) is 2.81. The second-order valence-electron chi connectivity index (χ2n) is 4.52. The van der Waals surface area contributed by atoms with E-state index >= 15 is 0 Å². The van der Waals surface area contributed by atoms with Gasteiger partial charge in [-0.3, -0.25) is 4.79 Å². The Morgan fingerprint density at radius 1 is 1.50 bits per heavy atom. The van der Waals surface area contributed by atoms with E-state index in [1.165, 1.54) is 0 Å². The molecular formula is C14H20N2OS. The molecule has 0 aromatic heterocycles. The number of rotatable bonds is 5. The monoisotopic (exact) mass is 264 g/mol. The van der Waals surface area contributed by atoms with Gasteiger partial charge in [0, 0.05) is 18.0 Å². The Balaban J connectivity index is 2.79. The number of benzene rings is 1. The first kappa shape index (κ1) is 14.6. The zero-order valence-electron chi connectivity index (χ0n) is 11.1. The maximum atomic E-state index is 11.9. The molecule has 3 nitrogen and oxygen atoms in total. The van der Waals surface area contributed by atoms with Gasteiger partial charge in [0.1, 0.15) is 0 Å². The number of thiocarbonyl (C=S) groups is 1. The maximum absolute atomic E-state index is 11.9. The third kappa shape index (κ3) is 3.81. The highest BCUT2D eigenvalue weighted by Crippen LogP contribution is 2.21. The maximum Gasteiger partial charge on any atom is 0.225 e. The second-order valence-corrected chi connectivity index (χ2v) is 4.99. The van der Waals surface area contributed by atoms with Crippen LogP contribution in [0.15, 0.2) is 18.2 Å². The van der Waals surface area contributed by atoms with Crippen molar-refractivity contribution in [3.8, 4) is 0 Å². The number of carbonyl (C=O) groups excluding carboxylic acids is 1. The molecule has 0 saturated carbocycles. The zero-order chi connectivity index (χ0) is 13.7. The molecule has 0 bridgehead atoms. The molecule has 0 fully saturated rings. The molecule has 3 N–H and O–H groups in total. The molecule has 0 radical (unpaired) electrons. The largest absolute Gasteiger partial charge is 0.393 e. The third-order valence-electron chi connectivity index (χ3n) is 2.98. The van der Waals surface area contributed by atoms with Crippen molar-refractivity contribution in [1.82, 2.24) is 0 Å². The van der Waals surface area contributed by atoms with Gasteiger partial charge in [-0.15, -0.1) is 0 Å². The standard InChI is InChI=1S/C14H20N2OS/c1-4-11-7-5-6-9(2)13(11)16-12(17)8-10(3)14(15)18/h5-7,10H,4,8H2,1-3H3,(H2,15,18)(H,16,17). The lowest BCUT2D eigenvalue weighted by molar-refractivity contribution is -0.116. The molecule has 18 heavy (non-hydrogen) atoms. The van der Waals surface area contributed by atoms with Gasteiger partial charge in [-0.1, -0.05) is 44.3 Å². The molecule has 0 heterocycles. The second kappa shape index (κ2) is 6.50. The molecule has 1 rings (SSSR count). The van der Waals surface area contributed by atoms with E-state index in [1.807, 2.05) is 32.0 Å². The van der Waals surface area contributed by atoms with Crippen molar-refractivity contribution in [1.29, 1.82) is 0 Å². The first-order valence-electron chi connectivity index (χ1n) is 6.13. The number of amides is 1. The molecule has 1 unspecified atom stereocenters. The van der Waals surface area contributed by atoms with Crippen molar-refractivity contribution in [2.24, 2.45) is 11.7 Å². The highest BCUT2D eigenvalue weighted by molar-refractivity contribution is 7.80. The van der Waals surface area contributed by atoms with Gasteiger partial charge in [-0.2, -0.15) is 0 Å². The van der Waals surface area contributed by atoms with E-state index in [4.69, 9.17) is 18.0 Å². The van der Waals surface area contributed by atoms with Crippen LogP contribution >= 0.6 is 12.2 Å². The first-order valence-corrected chi connectivity index (χ1v) is 6.54. The number of hydrogen-bond donors (Lipinski definition) is 2. The molecule has 0 saturated heterocycles. The van der Waals surface area contributed by atoms with E-state index < -0.39 is 0 Å². The number of nitrogens with two attached hydrogens (primary N) is 1. The van der Waals surface area contributed by atoms with Gasteiger partial charge in [-0.25, -0.2) is 0 Å². The summed E-state index contributed by atoms with van der Waals surface area (Å²) < 4.78 is 0. The van der Waals surface area contributed by atoms with E-state index in [0.29, 0.717) is 11.4 Å². The summed E-state index contributed by atoms with van der Waals surface area (Å²) in [6.07, 6.45) is 1.22. The van der Waals surface area contributed by atoms with Crippen LogP contribution in [0.3, 0.4) is 0 Å². The molecule has 0 aliphatic rings. The summed E-state index contributed by atoms with van der Waals surface area (Å²) in [4.78, 5) is 12.3. The lowest BCUT2D eigenvalue weighted by Gasteiger charge is -2.14. The van der Waals surface area contributed by atoms with Crippen molar-refractivity contribution in [3.05, 3.63) is 29.3 Å². The van der Waals surface area contributed by atoms with Crippen molar-refractivity contribution >= 4 is 28.8 Å². The van der Waals surface area contributed by atoms with Crippen LogP contribution in [0.4, 0.5) is 5.69 Å². The number of hydrogen-bond acceptors (Lipinski definition) is 2. The van der Waals surface area contributed by atoms with Gasteiger partial charge < -0.3 is 11.1 Å². The molecular weight excluding hydrogens is 244 g/mol. The highest BCUT2D eigenvalue weighted by atomic mass is 32.1. The topological polar surface area (TPSA) is 55.1 Å². The van der Waals surface area contributed by atoms with Crippen molar-refractivity contribution in [3.63, 3.8) is 0 Å². The average Bonchev–Trinajstić information content (AvgIpc) is 2.31. The smallest absolute Gasteiger partial charge is 0.225 e. The highest BCUT2D eigenvalue weighted by Gasteiger charge is 2.13. The van der Waals surface area contributed by atoms with Crippen molar-refractivity contribution < 1.29 is 4.79 Å². The van der Waals surface area contributed by atoms with Crippen LogP contribution in [0.5, 0.6) is 0 Å². The molecule has 1 amide bonds. The Morgan fingerprint density at radius 2 is 2.17 bits per heavy atom. The van der Waals surface area contributed by atoms with Crippen molar-refractivity contribution in [2.75, 3.05) is 5.32 Å². The van der Waals surface area contributed by atoms with E-state index in [-0.39, 0.29) is 11.8 Å². The minimum absolute atomic E-state index is 0.0423. The number of nitrogens with one attached hydrogen (secondary N) is 1. The Kier molecular flexibility index (Phi) is 5.28. The predicted molar refractivity (Wildman–Crippen MR) is 79.8 cm³/mol. The van der Waals surface area contributed by atoms with E-state index in [2.05, 4.69) is 12.2 Å². The summed E-state index contributed by atoms with van der Waals surface area (Å²) in [6, 6.07) is 6.02. The molecule has 1 aromatic carbocycles. The van der Waals surface area contributed by atoms with Crippen LogP contribution in [0.2, 0.25) is 0 Å². The molecule has 1 aromatic rings. The minimum atomic E-state index is -0.0749. The normalized spacial score (nSPS) is 11.9. The van der Waals surface area contributed by atoms with Crippen LogP contribution in [0.1, 0.15) is 31.4 Å². The minimum Gasteiger partial charge on any atom is -0.393 e. The van der Waals surface area contributed by atoms with Gasteiger partial charge in [0.2, 0.25) is 5.91 Å². The average molecular weight is 264 g/mol. The summed E-state index contributed by atoms with van der Waals surface area (Å²) in [5.41, 5.74) is 8.65. The molecule has 0 aliphatic carbocycles. The Labute approximate surface area is 114 Å². The summed E-state index contributed by atoms with van der Waals surface area (Å²) >= 11 is 4.87. The van der Waals surface area contributed by atoms with Gasteiger partial charge in [0.15, 0.2) is 0 Å². The Hall–Kier alpha value is -1.42.